The van der Waals surface area contributed by atoms with Crippen LogP contribution in [-0.2, 0) is 0 Å². The van der Waals surface area contributed by atoms with Gasteiger partial charge in [0.1, 0.15) is 23.1 Å². The molecule has 0 radical (unpaired) electrons. The highest BCUT2D eigenvalue weighted by atomic mass is 127. The van der Waals surface area contributed by atoms with Crippen LogP contribution in [0.25, 0.3) is 16.5 Å². The standard InChI is InChI=1S/C39H40N8O5.CH3I.CH4/c1-6-18-40-37(48)25-20-26(22-29(21-25)51-5)42-38-41-19-17-36(45-38)52-34-16-15-32(30-9-7-8-10-31(30)34)43-39(49)44-35-23-33(24(2)3)46-47(35)27-11-13-28(50-4)14-12-27;1-2;/h7-17,19-24H,6,18H2,1-5H3,(H,40,48)(H,41,42,45)(H2,43,44,49);1H3;1H4/i;1D;. The molecule has 0 aliphatic carbocycles. The van der Waals surface area contributed by atoms with Crippen LogP contribution in [0.2, 0.25) is 0 Å². The van der Waals surface area contributed by atoms with Crippen molar-refractivity contribution >= 4 is 68.4 Å². The van der Waals surface area contributed by atoms with Gasteiger partial charge in [0.15, 0.2) is 0 Å². The summed E-state index contributed by atoms with van der Waals surface area (Å²) < 4.78 is 24.9. The number of rotatable bonds is 13. The maximum absolute atomic E-state index is 13.4. The molecule has 6 aromatic rings. The van der Waals surface area contributed by atoms with Gasteiger partial charge in [0.25, 0.3) is 5.91 Å². The van der Waals surface area contributed by atoms with Crippen molar-refractivity contribution in [1.82, 2.24) is 25.1 Å². The number of amides is 3. The maximum Gasteiger partial charge on any atom is 0.324 e. The van der Waals surface area contributed by atoms with Crippen molar-refractivity contribution in [2.75, 3.05) is 41.6 Å². The topological polar surface area (TPSA) is 154 Å². The minimum Gasteiger partial charge on any atom is -0.497 e. The average Bonchev–Trinajstić information content (AvgIpc) is 3.62. The number of methoxy groups -OCH3 is 2. The second kappa shape index (κ2) is 20.0. The zero-order valence-electron chi connectivity index (χ0n) is 31.6. The fraction of sp³-hybridized carbons (Fsp3) is 0.244. The Hall–Kier alpha value is -5.90. The first-order valence-corrected chi connectivity index (χ1v) is 18.6. The number of hydrogen-bond acceptors (Lipinski definition) is 9. The fourth-order valence-electron chi connectivity index (χ4n) is 5.39. The molecule has 0 aliphatic heterocycles. The Bertz CT molecular complexity index is 2230. The molecule has 3 amide bonds. The summed E-state index contributed by atoms with van der Waals surface area (Å²) in [6.07, 6.45) is 2.40. The SMILES string of the molecule is C.CCCNC(=O)c1cc(Nc2nccc(Oc3ccc(NC(=O)Nc4cc(C(C)C)nn4-c4ccc(OC)cc4)c4ccccc34)n2)cc(OC)c1.[2H]CI. The van der Waals surface area contributed by atoms with E-state index in [2.05, 4.69) is 31.2 Å². The number of benzene rings is 4. The van der Waals surface area contributed by atoms with Crippen LogP contribution < -0.4 is 35.5 Å². The molecule has 0 saturated carbocycles. The van der Waals surface area contributed by atoms with Gasteiger partial charge in [0.05, 0.1) is 31.3 Å². The largest absolute Gasteiger partial charge is 0.497 e. The minimum absolute atomic E-state index is 0. The quantitative estimate of drug-likeness (QED) is 0.0657. The minimum atomic E-state index is -0.432. The lowest BCUT2D eigenvalue weighted by molar-refractivity contribution is 0.0953. The van der Waals surface area contributed by atoms with Gasteiger partial charge in [-0.1, -0.05) is 75.1 Å². The van der Waals surface area contributed by atoms with E-state index in [0.717, 1.165) is 34.3 Å². The highest BCUT2D eigenvalue weighted by Crippen LogP contribution is 2.35. The molecule has 0 aliphatic rings. The Labute approximate surface area is 336 Å². The molecule has 0 bridgehead atoms. The summed E-state index contributed by atoms with van der Waals surface area (Å²) in [6.45, 7) is 6.65. The molecule has 6 rings (SSSR count). The lowest BCUT2D eigenvalue weighted by Crippen LogP contribution is -2.24. The van der Waals surface area contributed by atoms with Crippen LogP contribution in [0.15, 0.2) is 97.2 Å². The molecule has 2 heterocycles. The normalized spacial score (nSPS) is 10.6. The summed E-state index contributed by atoms with van der Waals surface area (Å²) in [5.41, 5.74) is 3.22. The van der Waals surface area contributed by atoms with E-state index < -0.39 is 6.03 Å². The molecule has 0 fully saturated rings. The van der Waals surface area contributed by atoms with Crippen molar-refractivity contribution in [3.8, 4) is 28.8 Å². The molecule has 0 saturated heterocycles. The van der Waals surface area contributed by atoms with Gasteiger partial charge < -0.3 is 30.2 Å². The lowest BCUT2D eigenvalue weighted by Gasteiger charge is -2.14. The average molecular weight is 860 g/mol. The van der Waals surface area contributed by atoms with E-state index in [1.807, 2.05) is 98.0 Å². The predicted octanol–water partition coefficient (Wildman–Crippen LogP) is 9.96. The van der Waals surface area contributed by atoms with Crippen molar-refractivity contribution in [1.29, 1.82) is 0 Å². The molecule has 0 unspecified atom stereocenters. The second-order valence-corrected chi connectivity index (χ2v) is 12.1. The van der Waals surface area contributed by atoms with Gasteiger partial charge in [-0.15, -0.1) is 0 Å². The van der Waals surface area contributed by atoms with E-state index in [-0.39, 0.29) is 31.1 Å². The molecule has 14 heteroatoms. The number of halogens is 1. The van der Waals surface area contributed by atoms with Gasteiger partial charge in [0.2, 0.25) is 11.8 Å². The number of hydrogen-bond donors (Lipinski definition) is 4. The molecular formula is C41H47IN8O5. The van der Waals surface area contributed by atoms with Gasteiger partial charge in [0, 0.05) is 54.3 Å². The first-order chi connectivity index (χ1) is 26.7. The first-order valence-electron chi connectivity index (χ1n) is 17.8. The van der Waals surface area contributed by atoms with Crippen LogP contribution in [0.3, 0.4) is 0 Å². The third kappa shape index (κ3) is 10.6. The molecule has 4 N–H and O–H groups in total. The molecule has 288 valence electrons. The molecule has 2 aromatic heterocycles. The highest BCUT2D eigenvalue weighted by molar-refractivity contribution is 14.1. The molecular weight excluding hydrogens is 811 g/mol. The van der Waals surface area contributed by atoms with Crippen molar-refractivity contribution in [3.63, 3.8) is 0 Å². The lowest BCUT2D eigenvalue weighted by atomic mass is 10.1. The van der Waals surface area contributed by atoms with E-state index in [4.69, 9.17) is 20.7 Å². The summed E-state index contributed by atoms with van der Waals surface area (Å²) in [5, 5.41) is 18.2. The highest BCUT2D eigenvalue weighted by Gasteiger charge is 2.17. The maximum atomic E-state index is 13.4. The monoisotopic (exact) mass is 859 g/mol. The zero-order chi connectivity index (χ0) is 39.3. The molecule has 55 heavy (non-hydrogen) atoms. The van der Waals surface area contributed by atoms with Crippen LogP contribution in [-0.4, -0.2) is 57.4 Å². The van der Waals surface area contributed by atoms with E-state index in [1.54, 1.807) is 54.4 Å². The van der Waals surface area contributed by atoms with Gasteiger partial charge >= 0.3 is 6.03 Å². The van der Waals surface area contributed by atoms with E-state index in [1.165, 1.54) is 7.11 Å². The second-order valence-electron chi connectivity index (χ2n) is 12.1. The van der Waals surface area contributed by atoms with Crippen molar-refractivity contribution in [3.05, 3.63) is 108 Å². The van der Waals surface area contributed by atoms with Gasteiger partial charge in [-0.2, -0.15) is 10.1 Å². The molecule has 0 atom stereocenters. The van der Waals surface area contributed by atoms with Crippen LogP contribution in [0.4, 0.5) is 27.9 Å². The Morgan fingerprint density at radius 3 is 2.33 bits per heavy atom. The summed E-state index contributed by atoms with van der Waals surface area (Å²) >= 11 is 1.96. The fourth-order valence-corrected chi connectivity index (χ4v) is 5.39. The number of nitrogens with one attached hydrogen (secondary N) is 4. The van der Waals surface area contributed by atoms with Gasteiger partial charge in [-0.05, 0) is 65.8 Å². The number of carbonyl (C=O) groups is 2. The van der Waals surface area contributed by atoms with Gasteiger partial charge in [-0.25, -0.2) is 14.5 Å². The molecule has 13 nitrogen and oxygen atoms in total. The van der Waals surface area contributed by atoms with Crippen molar-refractivity contribution in [2.24, 2.45) is 0 Å². The van der Waals surface area contributed by atoms with Crippen molar-refractivity contribution in [2.45, 2.75) is 40.5 Å². The Morgan fingerprint density at radius 1 is 0.909 bits per heavy atom. The number of fused-ring (bicyclic) bond motifs is 1. The summed E-state index contributed by atoms with van der Waals surface area (Å²) in [6, 6.07) is 26.8. The number of aromatic nitrogens is 4. The molecule has 4 aromatic carbocycles. The number of urea groups is 1. The Morgan fingerprint density at radius 2 is 1.64 bits per heavy atom. The number of nitrogens with zero attached hydrogens (tertiary/aromatic N) is 4. The van der Waals surface area contributed by atoms with E-state index >= 15 is 0 Å². The first kappa shape index (κ1) is 40.3. The summed E-state index contributed by atoms with van der Waals surface area (Å²) in [5.74, 6) is 2.78. The zero-order valence-corrected chi connectivity index (χ0v) is 32.8. The Balaban J connectivity index is 0.00000169. The smallest absolute Gasteiger partial charge is 0.324 e. The number of alkyl halides is 1. The van der Waals surface area contributed by atoms with Crippen LogP contribution >= 0.6 is 22.6 Å². The number of anilines is 4. The van der Waals surface area contributed by atoms with Crippen molar-refractivity contribution < 1.29 is 25.2 Å². The third-order valence-electron chi connectivity index (χ3n) is 8.05. The van der Waals surface area contributed by atoms with Crippen LogP contribution in [0, 0.1) is 0 Å². The summed E-state index contributed by atoms with van der Waals surface area (Å²) in [4.78, 5) is 35.4. The van der Waals surface area contributed by atoms with E-state index in [9.17, 15) is 9.59 Å². The van der Waals surface area contributed by atoms with Crippen LogP contribution in [0.5, 0.6) is 23.1 Å². The van der Waals surface area contributed by atoms with Gasteiger partial charge in [-0.3, -0.25) is 10.1 Å². The summed E-state index contributed by atoms with van der Waals surface area (Å²) in [7, 11) is 3.15. The predicted molar refractivity (Wildman–Crippen MR) is 228 cm³/mol. The van der Waals surface area contributed by atoms with E-state index in [0.29, 0.717) is 45.7 Å². The molecule has 0 spiro atoms. The number of carbonyl (C=O) groups excluding carboxylic acids is 2. The third-order valence-corrected chi connectivity index (χ3v) is 8.05. The van der Waals surface area contributed by atoms with Crippen LogP contribution in [0.1, 0.15) is 58.0 Å². The number of ether oxygens (including phenoxy) is 3. The Kier molecular flexibility index (Phi) is 14.6.